The third-order valence-electron chi connectivity index (χ3n) is 5.67. The molecule has 1 aromatic heterocycles. The quantitative estimate of drug-likeness (QED) is 0.274. The van der Waals surface area contributed by atoms with E-state index in [2.05, 4.69) is 42.2 Å². The number of carbonyl (C=O) groups excluding carboxylic acids is 1. The molecule has 0 atom stereocenters. The fourth-order valence-corrected chi connectivity index (χ4v) is 4.01. The van der Waals surface area contributed by atoms with Crippen molar-refractivity contribution in [2.45, 2.75) is 25.9 Å². The number of hydrogen-bond acceptors (Lipinski definition) is 5. The van der Waals surface area contributed by atoms with E-state index in [1.54, 1.807) is 12.4 Å². The number of rotatable bonds is 5. The number of nitrogens with zero attached hydrogens (tertiary/aromatic N) is 6. The van der Waals surface area contributed by atoms with Gasteiger partial charge in [0, 0.05) is 71.7 Å². The van der Waals surface area contributed by atoms with Gasteiger partial charge in [0.05, 0.1) is 0 Å². The van der Waals surface area contributed by atoms with E-state index in [1.807, 2.05) is 30.1 Å². The number of aliphatic imine (C=N–C) groups is 1. The van der Waals surface area contributed by atoms with E-state index >= 15 is 0 Å². The molecule has 0 bridgehead atoms. The lowest BCUT2D eigenvalue weighted by Gasteiger charge is -2.36. The Kier molecular flexibility index (Phi) is 8.44. The van der Waals surface area contributed by atoms with Crippen LogP contribution in [0, 0.1) is 0 Å². The lowest BCUT2D eigenvalue weighted by Crippen LogP contribution is -2.53. The summed E-state index contributed by atoms with van der Waals surface area (Å²) in [6.07, 6.45) is 4.90. The smallest absolute Gasteiger partial charge is 0.225 e. The summed E-state index contributed by atoms with van der Waals surface area (Å²) in [5, 5.41) is 3.41. The standard InChI is InChI=1S/C22H29N7O.HI/c1-23-21(27-12-14-28(15-13-27)22-25-10-5-11-26-22)24-9-4-8-20(30)29-16-18-6-2-3-7-19(18)17-29;/h2-3,5-7,10-11H,4,8-9,12-17H2,1H3,(H,23,24);1H. The van der Waals surface area contributed by atoms with Crippen molar-refractivity contribution in [3.05, 3.63) is 53.9 Å². The van der Waals surface area contributed by atoms with E-state index in [-0.39, 0.29) is 29.9 Å². The van der Waals surface area contributed by atoms with Gasteiger partial charge < -0.3 is 20.0 Å². The molecule has 2 aliphatic rings. The van der Waals surface area contributed by atoms with Crippen molar-refractivity contribution >= 4 is 41.8 Å². The average Bonchev–Trinajstić information content (AvgIpc) is 3.24. The fourth-order valence-electron chi connectivity index (χ4n) is 4.01. The first-order chi connectivity index (χ1) is 14.7. The predicted octanol–water partition coefficient (Wildman–Crippen LogP) is 2.11. The van der Waals surface area contributed by atoms with Crippen LogP contribution in [0.3, 0.4) is 0 Å². The first-order valence-electron chi connectivity index (χ1n) is 10.6. The third kappa shape index (κ3) is 5.84. The Bertz CT molecular complexity index is 859. The van der Waals surface area contributed by atoms with Crippen molar-refractivity contribution in [2.24, 2.45) is 4.99 Å². The van der Waals surface area contributed by atoms with Gasteiger partial charge in [-0.05, 0) is 23.6 Å². The second-order valence-electron chi connectivity index (χ2n) is 7.62. The van der Waals surface area contributed by atoms with Gasteiger partial charge in [-0.3, -0.25) is 9.79 Å². The van der Waals surface area contributed by atoms with E-state index in [0.717, 1.165) is 64.1 Å². The Hall–Kier alpha value is -2.43. The Morgan fingerprint density at radius 1 is 1.00 bits per heavy atom. The van der Waals surface area contributed by atoms with Crippen LogP contribution in [0.15, 0.2) is 47.7 Å². The summed E-state index contributed by atoms with van der Waals surface area (Å²) in [6, 6.07) is 10.1. The highest BCUT2D eigenvalue weighted by atomic mass is 127. The van der Waals surface area contributed by atoms with Gasteiger partial charge in [-0.15, -0.1) is 24.0 Å². The number of aromatic nitrogens is 2. The van der Waals surface area contributed by atoms with Crippen LogP contribution in [0.4, 0.5) is 5.95 Å². The highest BCUT2D eigenvalue weighted by Crippen LogP contribution is 2.22. The van der Waals surface area contributed by atoms with E-state index < -0.39 is 0 Å². The number of amides is 1. The number of carbonyl (C=O) groups is 1. The maximum absolute atomic E-state index is 12.5. The molecule has 0 saturated carbocycles. The zero-order chi connectivity index (χ0) is 20.8. The number of fused-ring (bicyclic) bond motifs is 1. The molecule has 1 fully saturated rings. The molecule has 9 heteroatoms. The molecule has 0 radical (unpaired) electrons. The van der Waals surface area contributed by atoms with Crippen LogP contribution in [-0.4, -0.2) is 71.4 Å². The molecule has 1 amide bonds. The highest BCUT2D eigenvalue weighted by Gasteiger charge is 2.23. The van der Waals surface area contributed by atoms with E-state index in [0.29, 0.717) is 6.42 Å². The lowest BCUT2D eigenvalue weighted by atomic mass is 10.1. The summed E-state index contributed by atoms with van der Waals surface area (Å²) in [5.74, 6) is 1.90. The van der Waals surface area contributed by atoms with Crippen LogP contribution in [0.2, 0.25) is 0 Å². The van der Waals surface area contributed by atoms with Crippen molar-refractivity contribution < 1.29 is 4.79 Å². The molecule has 1 aromatic carbocycles. The van der Waals surface area contributed by atoms with Crippen LogP contribution in [0.25, 0.3) is 0 Å². The monoisotopic (exact) mass is 535 g/mol. The number of halogens is 1. The van der Waals surface area contributed by atoms with Crippen molar-refractivity contribution in [1.29, 1.82) is 0 Å². The number of benzene rings is 1. The van der Waals surface area contributed by atoms with Crippen LogP contribution >= 0.6 is 24.0 Å². The zero-order valence-corrected chi connectivity index (χ0v) is 20.2. The Balaban J connectivity index is 0.00000272. The molecule has 3 heterocycles. The Labute approximate surface area is 200 Å². The van der Waals surface area contributed by atoms with E-state index in [4.69, 9.17) is 0 Å². The van der Waals surface area contributed by atoms with Gasteiger partial charge in [-0.2, -0.15) is 0 Å². The molecule has 0 unspecified atom stereocenters. The molecule has 2 aromatic rings. The zero-order valence-electron chi connectivity index (χ0n) is 17.9. The van der Waals surface area contributed by atoms with Gasteiger partial charge in [-0.1, -0.05) is 24.3 Å². The first-order valence-corrected chi connectivity index (χ1v) is 10.6. The largest absolute Gasteiger partial charge is 0.356 e. The van der Waals surface area contributed by atoms with Gasteiger partial charge in [0.15, 0.2) is 5.96 Å². The normalized spacial score (nSPS) is 16.0. The van der Waals surface area contributed by atoms with Crippen LogP contribution in [0.1, 0.15) is 24.0 Å². The third-order valence-corrected chi connectivity index (χ3v) is 5.67. The van der Waals surface area contributed by atoms with Crippen molar-refractivity contribution in [1.82, 2.24) is 25.1 Å². The minimum absolute atomic E-state index is 0. The molecular formula is C22H30IN7O. The maximum Gasteiger partial charge on any atom is 0.225 e. The van der Waals surface area contributed by atoms with Gasteiger partial charge in [0.2, 0.25) is 11.9 Å². The van der Waals surface area contributed by atoms with Crippen molar-refractivity contribution in [2.75, 3.05) is 44.7 Å². The first kappa shape index (κ1) is 23.2. The number of piperazine rings is 1. The minimum Gasteiger partial charge on any atom is -0.356 e. The van der Waals surface area contributed by atoms with Crippen molar-refractivity contribution in [3.63, 3.8) is 0 Å². The van der Waals surface area contributed by atoms with Crippen molar-refractivity contribution in [3.8, 4) is 0 Å². The molecule has 166 valence electrons. The number of guanidine groups is 1. The van der Waals surface area contributed by atoms with E-state index in [1.165, 1.54) is 11.1 Å². The fraction of sp³-hybridized carbons (Fsp3) is 0.455. The van der Waals surface area contributed by atoms with Gasteiger partial charge >= 0.3 is 0 Å². The SMILES string of the molecule is CN=C(NCCCC(=O)N1Cc2ccccc2C1)N1CCN(c2ncccn2)CC1.I. The minimum atomic E-state index is 0. The number of hydrogen-bond donors (Lipinski definition) is 1. The van der Waals surface area contributed by atoms with Crippen LogP contribution < -0.4 is 10.2 Å². The summed E-state index contributed by atoms with van der Waals surface area (Å²) in [6.45, 7) is 5.66. The average molecular weight is 535 g/mol. The Morgan fingerprint density at radius 3 is 2.26 bits per heavy atom. The van der Waals surface area contributed by atoms with Gasteiger partial charge in [0.1, 0.15) is 0 Å². The maximum atomic E-state index is 12.5. The molecular weight excluding hydrogens is 505 g/mol. The van der Waals surface area contributed by atoms with Crippen LogP contribution in [-0.2, 0) is 17.9 Å². The molecule has 0 spiro atoms. The molecule has 0 aliphatic carbocycles. The topological polar surface area (TPSA) is 77.0 Å². The Morgan fingerprint density at radius 2 is 1.65 bits per heavy atom. The molecule has 1 saturated heterocycles. The summed E-state index contributed by atoms with van der Waals surface area (Å²) >= 11 is 0. The molecule has 1 N–H and O–H groups in total. The molecule has 31 heavy (non-hydrogen) atoms. The summed E-state index contributed by atoms with van der Waals surface area (Å²) < 4.78 is 0. The van der Waals surface area contributed by atoms with E-state index in [9.17, 15) is 4.79 Å². The number of anilines is 1. The molecule has 2 aliphatic heterocycles. The summed E-state index contributed by atoms with van der Waals surface area (Å²) in [5.41, 5.74) is 2.54. The number of nitrogens with one attached hydrogen (secondary N) is 1. The lowest BCUT2D eigenvalue weighted by molar-refractivity contribution is -0.131. The molecule has 8 nitrogen and oxygen atoms in total. The second kappa shape index (κ2) is 11.3. The second-order valence-corrected chi connectivity index (χ2v) is 7.62. The molecule has 4 rings (SSSR count). The summed E-state index contributed by atoms with van der Waals surface area (Å²) in [7, 11) is 1.81. The van der Waals surface area contributed by atoms with Gasteiger partial charge in [-0.25, -0.2) is 9.97 Å². The predicted molar refractivity (Wildman–Crippen MR) is 133 cm³/mol. The summed E-state index contributed by atoms with van der Waals surface area (Å²) in [4.78, 5) is 32.0. The highest BCUT2D eigenvalue weighted by molar-refractivity contribution is 14.0. The van der Waals surface area contributed by atoms with Crippen LogP contribution in [0.5, 0.6) is 0 Å². The van der Waals surface area contributed by atoms with Gasteiger partial charge in [0.25, 0.3) is 0 Å².